The van der Waals surface area contributed by atoms with Crippen molar-refractivity contribution in [3.05, 3.63) is 47.1 Å². The quantitative estimate of drug-likeness (QED) is 0.667. The van der Waals surface area contributed by atoms with Crippen LogP contribution < -0.4 is 5.32 Å². The molecule has 0 spiro atoms. The molecule has 0 aliphatic heterocycles. The van der Waals surface area contributed by atoms with E-state index in [9.17, 15) is 4.79 Å². The molecule has 0 aliphatic rings. The molecule has 1 atom stereocenters. The zero-order valence-electron chi connectivity index (χ0n) is 12.7. The van der Waals surface area contributed by atoms with E-state index >= 15 is 0 Å². The topological polar surface area (TPSA) is 77.1 Å². The van der Waals surface area contributed by atoms with Crippen LogP contribution in [0.4, 0.5) is 0 Å². The van der Waals surface area contributed by atoms with E-state index in [1.807, 2.05) is 35.7 Å². The van der Waals surface area contributed by atoms with Gasteiger partial charge in [-0.25, -0.2) is 0 Å². The normalized spacial score (nSPS) is 12.4. The molecule has 23 heavy (non-hydrogen) atoms. The summed E-state index contributed by atoms with van der Waals surface area (Å²) in [5.74, 6) is 0.852. The summed E-state index contributed by atoms with van der Waals surface area (Å²) in [7, 11) is 0. The first-order chi connectivity index (χ1) is 11.1. The molecule has 0 radical (unpaired) electrons. The van der Waals surface area contributed by atoms with Crippen molar-refractivity contribution in [2.75, 3.05) is 6.54 Å². The predicted octanol–water partition coefficient (Wildman–Crippen LogP) is 2.00. The summed E-state index contributed by atoms with van der Waals surface area (Å²) < 4.78 is 4.45. The number of halogens is 1. The average Bonchev–Trinajstić information content (AvgIpc) is 3.17. The highest BCUT2D eigenvalue weighted by atomic mass is 79.9. The van der Waals surface area contributed by atoms with Crippen molar-refractivity contribution in [3.8, 4) is 0 Å². The molecule has 0 saturated heterocycles. The van der Waals surface area contributed by atoms with Gasteiger partial charge in [0, 0.05) is 25.4 Å². The average molecular weight is 377 g/mol. The van der Waals surface area contributed by atoms with Gasteiger partial charge in [-0.2, -0.15) is 5.10 Å². The third kappa shape index (κ3) is 3.58. The summed E-state index contributed by atoms with van der Waals surface area (Å²) in [5.41, 5.74) is 0.837. The summed E-state index contributed by atoms with van der Waals surface area (Å²) in [5, 5.41) is 15.3. The van der Waals surface area contributed by atoms with Crippen LogP contribution in [0.15, 0.2) is 41.3 Å². The van der Waals surface area contributed by atoms with Crippen LogP contribution >= 0.6 is 15.9 Å². The maximum atomic E-state index is 12.1. The summed E-state index contributed by atoms with van der Waals surface area (Å²) in [6.45, 7) is 2.41. The van der Waals surface area contributed by atoms with E-state index in [1.54, 1.807) is 17.1 Å². The van der Waals surface area contributed by atoms with E-state index in [0.717, 1.165) is 28.8 Å². The molecule has 1 N–H and O–H groups in total. The Morgan fingerprint density at radius 2 is 2.26 bits per heavy atom. The Morgan fingerprint density at radius 1 is 1.39 bits per heavy atom. The van der Waals surface area contributed by atoms with Crippen molar-refractivity contribution in [1.82, 2.24) is 29.7 Å². The molecule has 3 rings (SSSR count). The number of nitrogens with one attached hydrogen (secondary N) is 1. The molecular weight excluding hydrogens is 360 g/mol. The number of nitrogens with zero attached hydrogens (tertiary/aromatic N) is 5. The number of aromatic nitrogens is 5. The third-order valence-electron chi connectivity index (χ3n) is 3.61. The van der Waals surface area contributed by atoms with Gasteiger partial charge in [0.05, 0.1) is 10.7 Å². The zero-order chi connectivity index (χ0) is 16.2. The largest absolute Gasteiger partial charge is 0.354 e. The van der Waals surface area contributed by atoms with E-state index in [0.29, 0.717) is 6.54 Å². The maximum Gasteiger partial charge on any atom is 0.244 e. The molecule has 0 aromatic carbocycles. The molecule has 3 heterocycles. The molecule has 0 saturated carbocycles. The first-order valence-electron chi connectivity index (χ1n) is 7.41. The summed E-state index contributed by atoms with van der Waals surface area (Å²) in [6, 6.07) is 5.46. The standard InChI is InChI=1S/C15H17BrN6O/c1-11(22-10-12(16)9-18-22)15(23)17-7-4-6-14-20-19-13-5-2-3-8-21(13)14/h2-3,5,8-11H,4,6-7H2,1H3,(H,17,23). The van der Waals surface area contributed by atoms with Gasteiger partial charge in [-0.1, -0.05) is 6.07 Å². The van der Waals surface area contributed by atoms with Crippen LogP contribution in [0.5, 0.6) is 0 Å². The molecule has 0 fully saturated rings. The van der Waals surface area contributed by atoms with Gasteiger partial charge in [0.15, 0.2) is 5.65 Å². The number of rotatable bonds is 6. The van der Waals surface area contributed by atoms with Crippen LogP contribution in [0.1, 0.15) is 25.2 Å². The van der Waals surface area contributed by atoms with Crippen LogP contribution in [0, 0.1) is 0 Å². The lowest BCUT2D eigenvalue weighted by Gasteiger charge is -2.12. The Hall–Kier alpha value is -2.22. The number of carbonyl (C=O) groups is 1. The highest BCUT2D eigenvalue weighted by molar-refractivity contribution is 9.10. The molecular formula is C15H17BrN6O. The number of fused-ring (bicyclic) bond motifs is 1. The van der Waals surface area contributed by atoms with Gasteiger partial charge in [-0.3, -0.25) is 13.9 Å². The number of pyridine rings is 1. The number of carbonyl (C=O) groups excluding carboxylic acids is 1. The minimum atomic E-state index is -0.338. The lowest BCUT2D eigenvalue weighted by molar-refractivity contribution is -0.124. The van der Waals surface area contributed by atoms with E-state index in [1.165, 1.54) is 0 Å². The Kier molecular flexibility index (Phi) is 4.71. The Balaban J connectivity index is 1.49. The first-order valence-corrected chi connectivity index (χ1v) is 8.20. The fourth-order valence-electron chi connectivity index (χ4n) is 2.31. The Bertz CT molecular complexity index is 811. The molecule has 7 nitrogen and oxygen atoms in total. The van der Waals surface area contributed by atoms with E-state index in [4.69, 9.17) is 0 Å². The van der Waals surface area contributed by atoms with Crippen LogP contribution in [0.25, 0.3) is 5.65 Å². The lowest BCUT2D eigenvalue weighted by atomic mass is 10.2. The van der Waals surface area contributed by atoms with Gasteiger partial charge >= 0.3 is 0 Å². The SMILES string of the molecule is CC(C(=O)NCCCc1nnc2ccccn12)n1cc(Br)cn1. The second-order valence-electron chi connectivity index (χ2n) is 5.25. The number of hydrogen-bond acceptors (Lipinski definition) is 4. The van der Waals surface area contributed by atoms with E-state index in [-0.39, 0.29) is 11.9 Å². The number of hydrogen-bond donors (Lipinski definition) is 1. The van der Waals surface area contributed by atoms with E-state index < -0.39 is 0 Å². The van der Waals surface area contributed by atoms with Crippen molar-refractivity contribution in [1.29, 1.82) is 0 Å². The molecule has 0 bridgehead atoms. The van der Waals surface area contributed by atoms with Crippen molar-refractivity contribution in [3.63, 3.8) is 0 Å². The van der Waals surface area contributed by atoms with Gasteiger partial charge in [0.2, 0.25) is 5.91 Å². The monoisotopic (exact) mass is 376 g/mol. The smallest absolute Gasteiger partial charge is 0.244 e. The lowest BCUT2D eigenvalue weighted by Crippen LogP contribution is -2.32. The van der Waals surface area contributed by atoms with Crippen molar-refractivity contribution < 1.29 is 4.79 Å². The Labute approximate surface area is 141 Å². The third-order valence-corrected chi connectivity index (χ3v) is 4.02. The second-order valence-corrected chi connectivity index (χ2v) is 6.17. The molecule has 0 aliphatic carbocycles. The molecule has 3 aromatic heterocycles. The minimum Gasteiger partial charge on any atom is -0.354 e. The Morgan fingerprint density at radius 3 is 3.04 bits per heavy atom. The maximum absolute atomic E-state index is 12.1. The van der Waals surface area contributed by atoms with Crippen LogP contribution in [0.2, 0.25) is 0 Å². The molecule has 1 amide bonds. The van der Waals surface area contributed by atoms with Crippen LogP contribution in [0.3, 0.4) is 0 Å². The minimum absolute atomic E-state index is 0.0494. The van der Waals surface area contributed by atoms with Crippen molar-refractivity contribution in [2.45, 2.75) is 25.8 Å². The van der Waals surface area contributed by atoms with Gasteiger partial charge in [0.25, 0.3) is 0 Å². The second kappa shape index (κ2) is 6.91. The highest BCUT2D eigenvalue weighted by Gasteiger charge is 2.15. The predicted molar refractivity (Wildman–Crippen MR) is 89.0 cm³/mol. The molecule has 1 unspecified atom stereocenters. The molecule has 3 aromatic rings. The van der Waals surface area contributed by atoms with Gasteiger partial charge in [-0.05, 0) is 41.4 Å². The highest BCUT2D eigenvalue weighted by Crippen LogP contribution is 2.11. The van der Waals surface area contributed by atoms with Gasteiger partial charge in [0.1, 0.15) is 11.9 Å². The molecule has 8 heteroatoms. The number of aryl methyl sites for hydroxylation is 1. The van der Waals surface area contributed by atoms with Crippen LogP contribution in [-0.2, 0) is 11.2 Å². The zero-order valence-corrected chi connectivity index (χ0v) is 14.3. The van der Waals surface area contributed by atoms with E-state index in [2.05, 4.69) is 36.5 Å². The van der Waals surface area contributed by atoms with Crippen molar-refractivity contribution >= 4 is 27.5 Å². The van der Waals surface area contributed by atoms with Crippen LogP contribution in [-0.4, -0.2) is 36.8 Å². The first kappa shape index (κ1) is 15.7. The summed E-state index contributed by atoms with van der Waals surface area (Å²) in [6.07, 6.45) is 6.96. The van der Waals surface area contributed by atoms with Gasteiger partial charge < -0.3 is 5.32 Å². The fraction of sp³-hybridized carbons (Fsp3) is 0.333. The summed E-state index contributed by atoms with van der Waals surface area (Å²) in [4.78, 5) is 12.1. The van der Waals surface area contributed by atoms with Gasteiger partial charge in [-0.15, -0.1) is 10.2 Å². The number of amides is 1. The summed E-state index contributed by atoms with van der Waals surface area (Å²) >= 11 is 3.32. The fourth-order valence-corrected chi connectivity index (χ4v) is 2.62. The van der Waals surface area contributed by atoms with Crippen molar-refractivity contribution in [2.24, 2.45) is 0 Å². The molecule has 120 valence electrons.